The number of nitrogens with one attached hydrogen (secondary N) is 4. The molecule has 4 aromatic rings. The molecule has 1 fully saturated rings. The summed E-state index contributed by atoms with van der Waals surface area (Å²) in [6.45, 7) is 7.22. The molecular formula is C33H34N6O2. The van der Waals surface area contributed by atoms with Gasteiger partial charge < -0.3 is 25.8 Å². The monoisotopic (exact) mass is 546 g/mol. The molecule has 2 amide bonds. The number of hydrogen-bond acceptors (Lipinski definition) is 5. The number of likely N-dealkylation sites (N-methyl/N-ethyl adjacent to an activating group) is 1. The van der Waals surface area contributed by atoms with Crippen molar-refractivity contribution >= 4 is 46.2 Å². The SMILES string of the molecule is Cc1ccc(NC(=O)c2ccc(CN3CCN(C)CC3)cc2)cc1Nc1ccc2c(c1)/C(=C/c1ccc[nH]1)C(=O)N2. The lowest BCUT2D eigenvalue weighted by Crippen LogP contribution is -2.43. The van der Waals surface area contributed by atoms with E-state index >= 15 is 0 Å². The van der Waals surface area contributed by atoms with E-state index in [0.717, 1.165) is 66.6 Å². The van der Waals surface area contributed by atoms with E-state index in [9.17, 15) is 9.59 Å². The highest BCUT2D eigenvalue weighted by Gasteiger charge is 2.24. The fourth-order valence-corrected chi connectivity index (χ4v) is 5.22. The summed E-state index contributed by atoms with van der Waals surface area (Å²) in [6, 6.07) is 23.3. The van der Waals surface area contributed by atoms with Gasteiger partial charge in [0.25, 0.3) is 11.8 Å². The Hall–Kier alpha value is -4.66. The molecule has 0 aliphatic carbocycles. The molecule has 41 heavy (non-hydrogen) atoms. The van der Waals surface area contributed by atoms with Gasteiger partial charge in [-0.25, -0.2) is 0 Å². The standard InChI is InChI=1S/C33H34N6O2/c1-22-5-10-27(36-32(40)24-8-6-23(7-9-24)21-39-16-14-38(2)15-17-39)20-31(22)35-26-11-12-30-28(19-26)29(33(41)37-30)18-25-4-3-13-34-25/h3-13,18-20,34-35H,14-17,21H2,1-2H3,(H,36,40)(H,37,41)/b29-18-. The summed E-state index contributed by atoms with van der Waals surface area (Å²) in [5, 5.41) is 9.43. The third-order valence-corrected chi connectivity index (χ3v) is 7.72. The van der Waals surface area contributed by atoms with Crippen LogP contribution >= 0.6 is 0 Å². The van der Waals surface area contributed by atoms with E-state index in [4.69, 9.17) is 0 Å². The fourth-order valence-electron chi connectivity index (χ4n) is 5.22. The van der Waals surface area contributed by atoms with Gasteiger partial charge in [0.05, 0.1) is 5.57 Å². The van der Waals surface area contributed by atoms with Gasteiger partial charge in [0.2, 0.25) is 0 Å². The van der Waals surface area contributed by atoms with Crippen molar-refractivity contribution in [2.75, 3.05) is 49.2 Å². The molecule has 208 valence electrons. The average molecular weight is 547 g/mol. The number of anilines is 4. The molecule has 0 saturated carbocycles. The summed E-state index contributed by atoms with van der Waals surface area (Å²) in [7, 11) is 2.16. The molecule has 3 aromatic carbocycles. The number of benzene rings is 3. The average Bonchev–Trinajstić information content (AvgIpc) is 3.60. The molecule has 6 rings (SSSR count). The Morgan fingerprint density at radius 1 is 0.951 bits per heavy atom. The highest BCUT2D eigenvalue weighted by Crippen LogP contribution is 2.36. The summed E-state index contributed by atoms with van der Waals surface area (Å²) >= 11 is 0. The van der Waals surface area contributed by atoms with Crippen molar-refractivity contribution in [2.24, 2.45) is 0 Å². The van der Waals surface area contributed by atoms with Gasteiger partial charge in [-0.15, -0.1) is 0 Å². The first-order valence-corrected chi connectivity index (χ1v) is 13.9. The smallest absolute Gasteiger partial charge is 0.256 e. The zero-order valence-corrected chi connectivity index (χ0v) is 23.3. The fraction of sp³-hybridized carbons (Fsp3) is 0.212. The molecule has 8 nitrogen and oxygen atoms in total. The summed E-state index contributed by atoms with van der Waals surface area (Å²) < 4.78 is 0. The second-order valence-electron chi connectivity index (χ2n) is 10.8. The third-order valence-electron chi connectivity index (χ3n) is 7.72. The van der Waals surface area contributed by atoms with Gasteiger partial charge >= 0.3 is 0 Å². The van der Waals surface area contributed by atoms with E-state index in [-0.39, 0.29) is 11.8 Å². The molecule has 2 aliphatic rings. The van der Waals surface area contributed by atoms with Crippen LogP contribution in [-0.2, 0) is 11.3 Å². The first-order chi connectivity index (χ1) is 19.9. The zero-order valence-electron chi connectivity index (χ0n) is 23.3. The van der Waals surface area contributed by atoms with E-state index in [2.05, 4.69) is 37.8 Å². The normalized spacial score (nSPS) is 16.4. The largest absolute Gasteiger partial charge is 0.362 e. The molecule has 2 aliphatic heterocycles. The first-order valence-electron chi connectivity index (χ1n) is 13.9. The van der Waals surface area contributed by atoms with E-state index < -0.39 is 0 Å². The number of nitrogens with zero attached hydrogens (tertiary/aromatic N) is 2. The quantitative estimate of drug-likeness (QED) is 0.228. The van der Waals surface area contributed by atoms with Crippen LogP contribution in [0.15, 0.2) is 79.0 Å². The van der Waals surface area contributed by atoms with Gasteiger partial charge in [-0.3, -0.25) is 14.5 Å². The maximum absolute atomic E-state index is 13.0. The van der Waals surface area contributed by atoms with Gasteiger partial charge in [0, 0.05) is 78.5 Å². The van der Waals surface area contributed by atoms with Crippen LogP contribution in [-0.4, -0.2) is 59.8 Å². The van der Waals surface area contributed by atoms with Crippen LogP contribution in [0.3, 0.4) is 0 Å². The van der Waals surface area contributed by atoms with E-state index in [0.29, 0.717) is 16.8 Å². The topological polar surface area (TPSA) is 92.5 Å². The minimum Gasteiger partial charge on any atom is -0.362 e. The van der Waals surface area contributed by atoms with Crippen molar-refractivity contribution < 1.29 is 9.59 Å². The molecule has 0 atom stereocenters. The van der Waals surface area contributed by atoms with Gasteiger partial charge in [-0.05, 0) is 85.8 Å². The predicted octanol–water partition coefficient (Wildman–Crippen LogP) is 5.56. The molecule has 1 aromatic heterocycles. The molecule has 0 bridgehead atoms. The number of aryl methyl sites for hydroxylation is 1. The lowest BCUT2D eigenvalue weighted by atomic mass is 10.0. The van der Waals surface area contributed by atoms with E-state index in [1.807, 2.05) is 92.0 Å². The van der Waals surface area contributed by atoms with Crippen molar-refractivity contribution in [1.29, 1.82) is 0 Å². The summed E-state index contributed by atoms with van der Waals surface area (Å²) in [6.07, 6.45) is 3.68. The second-order valence-corrected chi connectivity index (χ2v) is 10.8. The van der Waals surface area contributed by atoms with E-state index in [1.54, 1.807) is 0 Å². The Balaban J connectivity index is 1.13. The molecular weight excluding hydrogens is 512 g/mol. The predicted molar refractivity (Wildman–Crippen MR) is 165 cm³/mol. The first kappa shape index (κ1) is 26.6. The third kappa shape index (κ3) is 6.09. The number of rotatable bonds is 7. The van der Waals surface area contributed by atoms with Crippen molar-refractivity contribution in [3.8, 4) is 0 Å². The maximum atomic E-state index is 13.0. The van der Waals surface area contributed by atoms with Crippen LogP contribution in [0.1, 0.15) is 32.7 Å². The van der Waals surface area contributed by atoms with Crippen LogP contribution < -0.4 is 16.0 Å². The van der Waals surface area contributed by atoms with Crippen LogP contribution in [0.25, 0.3) is 11.6 Å². The molecule has 0 spiro atoms. The van der Waals surface area contributed by atoms with E-state index in [1.165, 1.54) is 5.56 Å². The Kier molecular flexibility index (Phi) is 7.41. The highest BCUT2D eigenvalue weighted by molar-refractivity contribution is 6.35. The van der Waals surface area contributed by atoms with Crippen molar-refractivity contribution in [3.05, 3.63) is 107 Å². The lowest BCUT2D eigenvalue weighted by Gasteiger charge is -2.32. The van der Waals surface area contributed by atoms with Gasteiger partial charge in [-0.1, -0.05) is 18.2 Å². The van der Waals surface area contributed by atoms with Crippen molar-refractivity contribution in [2.45, 2.75) is 13.5 Å². The zero-order chi connectivity index (χ0) is 28.3. The van der Waals surface area contributed by atoms with Crippen LogP contribution in [0.2, 0.25) is 0 Å². The Labute approximate surface area is 240 Å². The molecule has 1 saturated heterocycles. The minimum absolute atomic E-state index is 0.125. The summed E-state index contributed by atoms with van der Waals surface area (Å²) in [5.41, 5.74) is 8.40. The molecule has 0 unspecified atom stereocenters. The number of aromatic nitrogens is 1. The number of fused-ring (bicyclic) bond motifs is 1. The van der Waals surface area contributed by atoms with Gasteiger partial charge in [-0.2, -0.15) is 0 Å². The molecule has 3 heterocycles. The second kappa shape index (κ2) is 11.4. The number of H-pyrrole nitrogens is 1. The van der Waals surface area contributed by atoms with Crippen LogP contribution in [0, 0.1) is 6.92 Å². The Bertz CT molecular complexity index is 1600. The molecule has 0 radical (unpaired) electrons. The number of carbonyl (C=O) groups is 2. The number of aromatic amines is 1. The number of hydrogen-bond donors (Lipinski definition) is 4. The Morgan fingerprint density at radius 2 is 1.73 bits per heavy atom. The van der Waals surface area contributed by atoms with Crippen LogP contribution in [0.5, 0.6) is 0 Å². The Morgan fingerprint density at radius 3 is 2.49 bits per heavy atom. The summed E-state index contributed by atoms with van der Waals surface area (Å²) in [5.74, 6) is -0.271. The molecule has 8 heteroatoms. The maximum Gasteiger partial charge on any atom is 0.256 e. The van der Waals surface area contributed by atoms with Crippen molar-refractivity contribution in [3.63, 3.8) is 0 Å². The number of carbonyl (C=O) groups excluding carboxylic acids is 2. The summed E-state index contributed by atoms with van der Waals surface area (Å²) in [4.78, 5) is 33.6. The van der Waals surface area contributed by atoms with Crippen LogP contribution in [0.4, 0.5) is 22.7 Å². The lowest BCUT2D eigenvalue weighted by molar-refractivity contribution is -0.110. The highest BCUT2D eigenvalue weighted by atomic mass is 16.2. The molecule has 4 N–H and O–H groups in total. The minimum atomic E-state index is -0.146. The van der Waals surface area contributed by atoms with Gasteiger partial charge in [0.15, 0.2) is 0 Å². The van der Waals surface area contributed by atoms with Gasteiger partial charge in [0.1, 0.15) is 0 Å². The number of amides is 2. The van der Waals surface area contributed by atoms with Crippen molar-refractivity contribution in [1.82, 2.24) is 14.8 Å². The number of piperazine rings is 1.